The molecular formula is C15H18BrN3O. The molecule has 2 aromatic rings. The third-order valence-electron chi connectivity index (χ3n) is 3.71. The second kappa shape index (κ2) is 6.08. The van der Waals surface area contributed by atoms with E-state index in [2.05, 4.69) is 43.3 Å². The molecule has 0 aliphatic carbocycles. The molecule has 2 atom stereocenters. The molecule has 0 radical (unpaired) electrons. The van der Waals surface area contributed by atoms with Gasteiger partial charge in [-0.3, -0.25) is 0 Å². The van der Waals surface area contributed by atoms with Gasteiger partial charge in [-0.2, -0.15) is 0 Å². The first-order valence-electron chi connectivity index (χ1n) is 6.79. The number of aromatic nitrogens is 2. The van der Waals surface area contributed by atoms with Gasteiger partial charge >= 0.3 is 0 Å². The molecule has 0 bridgehead atoms. The van der Waals surface area contributed by atoms with Gasteiger partial charge in [0.2, 0.25) is 0 Å². The Hall–Kier alpha value is -1.17. The molecule has 2 heterocycles. The summed E-state index contributed by atoms with van der Waals surface area (Å²) in [5.41, 5.74) is 2.21. The van der Waals surface area contributed by atoms with E-state index in [0.29, 0.717) is 12.0 Å². The molecule has 1 saturated heterocycles. The van der Waals surface area contributed by atoms with Crippen molar-refractivity contribution in [3.05, 3.63) is 40.8 Å². The van der Waals surface area contributed by atoms with Crippen molar-refractivity contribution in [2.75, 3.05) is 20.3 Å². The number of halogens is 1. The van der Waals surface area contributed by atoms with Crippen LogP contribution < -0.4 is 5.32 Å². The van der Waals surface area contributed by atoms with E-state index in [1.165, 1.54) is 0 Å². The number of hydrogen-bond acceptors (Lipinski definition) is 3. The van der Waals surface area contributed by atoms with Crippen LogP contribution in [0.25, 0.3) is 11.3 Å². The van der Waals surface area contributed by atoms with E-state index in [4.69, 9.17) is 4.74 Å². The Bertz CT molecular complexity index is 567. The van der Waals surface area contributed by atoms with Crippen LogP contribution in [0.1, 0.15) is 18.3 Å². The summed E-state index contributed by atoms with van der Waals surface area (Å²) in [6.45, 7) is 1.80. The van der Waals surface area contributed by atoms with Crippen LogP contribution in [-0.4, -0.2) is 30.2 Å². The van der Waals surface area contributed by atoms with E-state index in [9.17, 15) is 0 Å². The average Bonchev–Trinajstić information content (AvgIpc) is 3.08. The van der Waals surface area contributed by atoms with Crippen molar-refractivity contribution in [1.82, 2.24) is 15.3 Å². The van der Waals surface area contributed by atoms with Gasteiger partial charge in [-0.25, -0.2) is 4.98 Å². The molecule has 0 spiro atoms. The summed E-state index contributed by atoms with van der Waals surface area (Å²) in [6.07, 6.45) is 2.98. The highest BCUT2D eigenvalue weighted by Gasteiger charge is 2.27. The Morgan fingerprint density at radius 3 is 2.90 bits per heavy atom. The lowest BCUT2D eigenvalue weighted by molar-refractivity contribution is 0.159. The molecule has 1 fully saturated rings. The van der Waals surface area contributed by atoms with E-state index in [1.807, 2.05) is 18.3 Å². The lowest BCUT2D eigenvalue weighted by atomic mass is 10.1. The number of nitrogens with one attached hydrogen (secondary N) is 2. The number of benzene rings is 1. The monoisotopic (exact) mass is 335 g/mol. The average molecular weight is 336 g/mol. The van der Waals surface area contributed by atoms with Gasteiger partial charge in [0.05, 0.1) is 24.5 Å². The quantitative estimate of drug-likeness (QED) is 0.902. The van der Waals surface area contributed by atoms with Gasteiger partial charge in [-0.15, -0.1) is 0 Å². The number of ether oxygens (including phenoxy) is 1. The summed E-state index contributed by atoms with van der Waals surface area (Å²) < 4.78 is 6.30. The number of H-pyrrole nitrogens is 1. The van der Waals surface area contributed by atoms with Gasteiger partial charge in [-0.1, -0.05) is 28.1 Å². The zero-order valence-electron chi connectivity index (χ0n) is 11.4. The molecule has 1 aromatic carbocycles. The van der Waals surface area contributed by atoms with Crippen LogP contribution in [0.5, 0.6) is 0 Å². The summed E-state index contributed by atoms with van der Waals surface area (Å²) in [4.78, 5) is 7.94. The standard InChI is InChI=1S/C15H18BrN3O/c1-20-9-10-6-13(17-7-10)15-18-8-14(19-15)11-2-4-12(16)5-3-11/h2-5,8,10,13,17H,6-7,9H2,1H3,(H,18,19). The van der Waals surface area contributed by atoms with Crippen molar-refractivity contribution >= 4 is 15.9 Å². The minimum atomic E-state index is 0.305. The minimum Gasteiger partial charge on any atom is -0.384 e. The molecule has 3 rings (SSSR count). The third-order valence-corrected chi connectivity index (χ3v) is 4.23. The molecule has 2 unspecified atom stereocenters. The number of nitrogens with zero attached hydrogens (tertiary/aromatic N) is 1. The van der Waals surface area contributed by atoms with Crippen molar-refractivity contribution in [1.29, 1.82) is 0 Å². The first-order chi connectivity index (χ1) is 9.76. The Kier molecular flexibility index (Phi) is 4.19. The molecule has 20 heavy (non-hydrogen) atoms. The van der Waals surface area contributed by atoms with Gasteiger partial charge in [0.1, 0.15) is 5.82 Å². The summed E-state index contributed by atoms with van der Waals surface area (Å²) in [5, 5.41) is 3.50. The highest BCUT2D eigenvalue weighted by atomic mass is 79.9. The Balaban J connectivity index is 1.72. The fraction of sp³-hybridized carbons (Fsp3) is 0.400. The molecule has 106 valence electrons. The highest BCUT2D eigenvalue weighted by molar-refractivity contribution is 9.10. The van der Waals surface area contributed by atoms with Crippen molar-refractivity contribution < 1.29 is 4.74 Å². The number of imidazole rings is 1. The van der Waals surface area contributed by atoms with Crippen molar-refractivity contribution in [3.8, 4) is 11.3 Å². The van der Waals surface area contributed by atoms with E-state index in [-0.39, 0.29) is 0 Å². The van der Waals surface area contributed by atoms with E-state index in [0.717, 1.165) is 41.1 Å². The maximum Gasteiger partial charge on any atom is 0.123 e. The molecule has 1 aromatic heterocycles. The smallest absolute Gasteiger partial charge is 0.123 e. The summed E-state index contributed by atoms with van der Waals surface area (Å²) in [6, 6.07) is 8.55. The first kappa shape index (κ1) is 13.8. The molecule has 5 heteroatoms. The number of aromatic amines is 1. The molecule has 1 aliphatic rings. The topological polar surface area (TPSA) is 49.9 Å². The van der Waals surface area contributed by atoms with Crippen molar-refractivity contribution in [2.45, 2.75) is 12.5 Å². The lowest BCUT2D eigenvalue weighted by Gasteiger charge is -2.07. The second-order valence-electron chi connectivity index (χ2n) is 5.21. The molecule has 0 amide bonds. The fourth-order valence-corrected chi connectivity index (χ4v) is 2.93. The minimum absolute atomic E-state index is 0.305. The van der Waals surface area contributed by atoms with Crippen LogP contribution in [0.2, 0.25) is 0 Å². The van der Waals surface area contributed by atoms with Crippen LogP contribution in [0.3, 0.4) is 0 Å². The first-order valence-corrected chi connectivity index (χ1v) is 7.58. The van der Waals surface area contributed by atoms with E-state index < -0.39 is 0 Å². The van der Waals surface area contributed by atoms with Gasteiger partial charge < -0.3 is 15.0 Å². The predicted octanol–water partition coefficient (Wildman–Crippen LogP) is 3.14. The van der Waals surface area contributed by atoms with E-state index >= 15 is 0 Å². The maximum atomic E-state index is 5.22. The summed E-state index contributed by atoms with van der Waals surface area (Å²) in [7, 11) is 1.76. The second-order valence-corrected chi connectivity index (χ2v) is 6.12. The normalized spacial score (nSPS) is 22.3. The van der Waals surface area contributed by atoms with Crippen molar-refractivity contribution in [2.24, 2.45) is 5.92 Å². The Morgan fingerprint density at radius 1 is 1.35 bits per heavy atom. The predicted molar refractivity (Wildman–Crippen MR) is 82.5 cm³/mol. The van der Waals surface area contributed by atoms with Gasteiger partial charge in [0.15, 0.2) is 0 Å². The molecular weight excluding hydrogens is 318 g/mol. The zero-order chi connectivity index (χ0) is 13.9. The molecule has 1 aliphatic heterocycles. The molecule has 2 N–H and O–H groups in total. The summed E-state index contributed by atoms with van der Waals surface area (Å²) in [5.74, 6) is 1.59. The van der Waals surface area contributed by atoms with Gasteiger partial charge in [0.25, 0.3) is 0 Å². The van der Waals surface area contributed by atoms with Gasteiger partial charge in [-0.05, 0) is 30.0 Å². The fourth-order valence-electron chi connectivity index (χ4n) is 2.67. The van der Waals surface area contributed by atoms with Gasteiger partial charge in [0, 0.05) is 18.1 Å². The largest absolute Gasteiger partial charge is 0.384 e. The number of methoxy groups -OCH3 is 1. The molecule has 0 saturated carbocycles. The van der Waals surface area contributed by atoms with Crippen molar-refractivity contribution in [3.63, 3.8) is 0 Å². The van der Waals surface area contributed by atoms with E-state index in [1.54, 1.807) is 7.11 Å². The van der Waals surface area contributed by atoms with Crippen LogP contribution in [-0.2, 0) is 4.74 Å². The SMILES string of the molecule is COCC1CNC(c2ncc(-c3ccc(Br)cc3)[nH]2)C1. The van der Waals surface area contributed by atoms with Crippen LogP contribution in [0.4, 0.5) is 0 Å². The number of hydrogen-bond donors (Lipinski definition) is 2. The third kappa shape index (κ3) is 2.95. The lowest BCUT2D eigenvalue weighted by Crippen LogP contribution is -2.15. The number of rotatable bonds is 4. The maximum absolute atomic E-state index is 5.22. The van der Waals surface area contributed by atoms with Crippen LogP contribution in [0, 0.1) is 5.92 Å². The highest BCUT2D eigenvalue weighted by Crippen LogP contribution is 2.27. The van der Waals surface area contributed by atoms with Crippen LogP contribution in [0.15, 0.2) is 34.9 Å². The zero-order valence-corrected chi connectivity index (χ0v) is 13.0. The van der Waals surface area contributed by atoms with Crippen LogP contribution >= 0.6 is 15.9 Å². The molecule has 4 nitrogen and oxygen atoms in total. The summed E-state index contributed by atoms with van der Waals surface area (Å²) >= 11 is 3.45. The Labute approximate surface area is 127 Å². The Morgan fingerprint density at radius 2 is 2.15 bits per heavy atom.